The van der Waals surface area contributed by atoms with Crippen LogP contribution in [0, 0.1) is 17.2 Å². The van der Waals surface area contributed by atoms with Crippen molar-refractivity contribution >= 4 is 21.1 Å². The van der Waals surface area contributed by atoms with Crippen molar-refractivity contribution in [2.24, 2.45) is 5.92 Å². The van der Waals surface area contributed by atoms with Crippen LogP contribution in [0.1, 0.15) is 26.2 Å². The summed E-state index contributed by atoms with van der Waals surface area (Å²) in [7, 11) is -0.545. The summed E-state index contributed by atoms with van der Waals surface area (Å²) < 4.78 is 9.99. The normalized spacial score (nSPS) is 22.0. The zero-order chi connectivity index (χ0) is 21.4. The third-order valence-electron chi connectivity index (χ3n) is 5.98. The van der Waals surface area contributed by atoms with Crippen molar-refractivity contribution in [2.75, 3.05) is 31.1 Å². The average Bonchev–Trinajstić information content (AvgIpc) is 3.31. The molecule has 0 unspecified atom stereocenters. The van der Waals surface area contributed by atoms with Crippen molar-refractivity contribution in [1.82, 2.24) is 19.3 Å². The zero-order valence-electron chi connectivity index (χ0n) is 18.3. The second-order valence-electron chi connectivity index (χ2n) is 9.46. The zero-order valence-corrected chi connectivity index (χ0v) is 19.2. The molecular weight excluding hydrogens is 394 g/mol. The van der Waals surface area contributed by atoms with Gasteiger partial charge in [-0.2, -0.15) is 10.4 Å². The fraction of sp³-hybridized carbons (Fsp3) is 0.522. The molecule has 4 rings (SSSR count). The van der Waals surface area contributed by atoms with Crippen LogP contribution in [0.15, 0.2) is 36.9 Å². The third kappa shape index (κ3) is 4.12. The maximum absolute atomic E-state index is 9.30. The molecule has 0 saturated heterocycles. The highest BCUT2D eigenvalue weighted by molar-refractivity contribution is 8.32. The van der Waals surface area contributed by atoms with Gasteiger partial charge in [0.15, 0.2) is 0 Å². The van der Waals surface area contributed by atoms with Crippen molar-refractivity contribution in [3.05, 3.63) is 36.9 Å². The third-order valence-corrected chi connectivity index (χ3v) is 7.37. The summed E-state index contributed by atoms with van der Waals surface area (Å²) >= 11 is 0. The van der Waals surface area contributed by atoms with Gasteiger partial charge < -0.3 is 9.30 Å². The number of aromatic nitrogens is 4. The molecule has 0 atom stereocenters. The molecule has 0 aromatic carbocycles. The second-order valence-corrected chi connectivity index (χ2v) is 14.0. The average molecular weight is 426 g/mol. The Morgan fingerprint density at radius 3 is 2.80 bits per heavy atom. The van der Waals surface area contributed by atoms with Crippen molar-refractivity contribution in [3.63, 3.8) is 0 Å². The van der Waals surface area contributed by atoms with Gasteiger partial charge in [-0.25, -0.2) is 15.0 Å². The quantitative estimate of drug-likeness (QED) is 0.494. The maximum atomic E-state index is 9.30. The van der Waals surface area contributed by atoms with Crippen LogP contribution in [0.4, 0.5) is 0 Å². The summed E-state index contributed by atoms with van der Waals surface area (Å²) in [5, 5.41) is 15.1. The van der Waals surface area contributed by atoms with Gasteiger partial charge >= 0.3 is 0 Å². The van der Waals surface area contributed by atoms with Crippen LogP contribution < -0.4 is 0 Å². The van der Waals surface area contributed by atoms with E-state index < -0.39 is 10.0 Å². The number of nitrogens with zero attached hydrogens (tertiary/aromatic N) is 5. The Balaban J connectivity index is 1.55. The first kappa shape index (κ1) is 21.0. The lowest BCUT2D eigenvalue weighted by molar-refractivity contribution is 0.0682. The van der Waals surface area contributed by atoms with E-state index >= 15 is 0 Å². The van der Waals surface area contributed by atoms with Gasteiger partial charge in [0.05, 0.1) is 30.8 Å². The van der Waals surface area contributed by atoms with Crippen molar-refractivity contribution in [3.8, 4) is 17.2 Å². The smallest absolute Gasteiger partial charge is 0.142 e. The number of fused-ring (bicyclic) bond motifs is 1. The van der Waals surface area contributed by atoms with E-state index in [9.17, 15) is 5.26 Å². The lowest BCUT2D eigenvalue weighted by Crippen LogP contribution is -2.45. The molecule has 0 bridgehead atoms. The Morgan fingerprint density at radius 1 is 1.30 bits per heavy atom. The minimum absolute atomic E-state index is 0.145. The van der Waals surface area contributed by atoms with Gasteiger partial charge in [0.2, 0.25) is 0 Å². The van der Waals surface area contributed by atoms with Crippen LogP contribution in [0.2, 0.25) is 0 Å². The molecule has 3 aromatic rings. The molecule has 7 heteroatoms. The first-order valence-corrected chi connectivity index (χ1v) is 13.4. The molecule has 0 aliphatic heterocycles. The molecular formula is C23H31N5OS. The monoisotopic (exact) mass is 425 g/mol. The molecule has 3 heterocycles. The Kier molecular flexibility index (Phi) is 5.65. The second kappa shape index (κ2) is 8.09. The van der Waals surface area contributed by atoms with E-state index in [0.717, 1.165) is 47.4 Å². The number of hydrogen-bond acceptors (Lipinski definition) is 4. The van der Waals surface area contributed by atoms with E-state index in [1.54, 1.807) is 0 Å². The van der Waals surface area contributed by atoms with Crippen molar-refractivity contribution in [2.45, 2.75) is 38.5 Å². The molecule has 0 radical (unpaired) electrons. The SMILES string of the molecule is CC1CC(CC#N)(n2cc(-c3ccnc4c3ccn4COCCS(C)(C)C)cn2)C1. The van der Waals surface area contributed by atoms with Gasteiger partial charge in [-0.1, -0.05) is 6.92 Å². The maximum Gasteiger partial charge on any atom is 0.142 e. The topological polar surface area (TPSA) is 68.7 Å². The Labute approximate surface area is 180 Å². The van der Waals surface area contributed by atoms with Crippen LogP contribution in [0.25, 0.3) is 22.2 Å². The fourth-order valence-corrected chi connectivity index (χ4v) is 5.05. The van der Waals surface area contributed by atoms with Gasteiger partial charge in [-0.05, 0) is 55.2 Å². The summed E-state index contributed by atoms with van der Waals surface area (Å²) in [5.41, 5.74) is 2.96. The molecule has 0 spiro atoms. The van der Waals surface area contributed by atoms with E-state index in [1.807, 2.05) is 29.3 Å². The molecule has 30 heavy (non-hydrogen) atoms. The predicted molar refractivity (Wildman–Crippen MR) is 124 cm³/mol. The van der Waals surface area contributed by atoms with Crippen LogP contribution in [-0.4, -0.2) is 50.5 Å². The van der Waals surface area contributed by atoms with E-state index in [2.05, 4.69) is 58.7 Å². The summed E-state index contributed by atoms with van der Waals surface area (Å²) in [6, 6.07) is 6.50. The Hall–Kier alpha value is -2.30. The van der Waals surface area contributed by atoms with Crippen LogP contribution >= 0.6 is 10.0 Å². The lowest BCUT2D eigenvalue weighted by Gasteiger charge is -2.45. The van der Waals surface area contributed by atoms with Gasteiger partial charge in [0.25, 0.3) is 0 Å². The number of hydrogen-bond donors (Lipinski definition) is 0. The van der Waals surface area contributed by atoms with Gasteiger partial charge in [0, 0.05) is 35.3 Å². The highest BCUT2D eigenvalue weighted by atomic mass is 32.3. The van der Waals surface area contributed by atoms with Gasteiger partial charge in [-0.15, -0.1) is 0 Å². The predicted octanol–water partition coefficient (Wildman–Crippen LogP) is 4.61. The summed E-state index contributed by atoms with van der Waals surface area (Å²) in [6.07, 6.45) is 17.3. The highest BCUT2D eigenvalue weighted by Crippen LogP contribution is 2.46. The van der Waals surface area contributed by atoms with Crippen LogP contribution in [0.5, 0.6) is 0 Å². The van der Waals surface area contributed by atoms with Crippen LogP contribution in [-0.2, 0) is 17.0 Å². The van der Waals surface area contributed by atoms with E-state index in [1.165, 1.54) is 0 Å². The standard InChI is InChI=1S/C23H31N5OS/c1-18-13-23(14-18,7-8-24)28-16-19(15-26-28)20-5-9-25-22-21(20)6-10-27(22)17-29-11-12-30(2,3)4/h5-6,9-10,15-16,18H,7,11-14,17H2,1-4H3. The first-order valence-electron chi connectivity index (χ1n) is 10.4. The summed E-state index contributed by atoms with van der Waals surface area (Å²) in [6.45, 7) is 3.52. The highest BCUT2D eigenvalue weighted by Gasteiger charge is 2.44. The molecule has 6 nitrogen and oxygen atoms in total. The molecule has 160 valence electrons. The molecule has 3 aromatic heterocycles. The van der Waals surface area contributed by atoms with E-state index in [4.69, 9.17) is 4.74 Å². The molecule has 0 N–H and O–H groups in total. The number of rotatable bonds is 8. The van der Waals surface area contributed by atoms with Gasteiger partial charge in [0.1, 0.15) is 12.4 Å². The number of ether oxygens (including phenoxy) is 1. The molecule has 1 saturated carbocycles. The van der Waals surface area contributed by atoms with Crippen LogP contribution in [0.3, 0.4) is 0 Å². The number of nitriles is 1. The Morgan fingerprint density at radius 2 is 2.10 bits per heavy atom. The first-order chi connectivity index (χ1) is 14.3. The lowest BCUT2D eigenvalue weighted by atomic mass is 9.67. The van der Waals surface area contributed by atoms with E-state index in [0.29, 0.717) is 19.1 Å². The fourth-order valence-electron chi connectivity index (χ4n) is 4.44. The molecule has 1 aliphatic carbocycles. The number of pyridine rings is 1. The van der Waals surface area contributed by atoms with Crippen molar-refractivity contribution < 1.29 is 4.74 Å². The summed E-state index contributed by atoms with van der Waals surface area (Å²) in [4.78, 5) is 4.59. The molecule has 1 fully saturated rings. The van der Waals surface area contributed by atoms with Crippen molar-refractivity contribution in [1.29, 1.82) is 5.26 Å². The molecule has 0 amide bonds. The van der Waals surface area contributed by atoms with E-state index in [-0.39, 0.29) is 5.54 Å². The summed E-state index contributed by atoms with van der Waals surface area (Å²) in [5.74, 6) is 1.75. The molecule has 1 aliphatic rings. The largest absolute Gasteiger partial charge is 0.360 e. The Bertz CT molecular complexity index is 1070. The van der Waals surface area contributed by atoms with Gasteiger partial charge in [-0.3, -0.25) is 4.68 Å². The minimum atomic E-state index is -0.545. The minimum Gasteiger partial charge on any atom is -0.360 e.